The van der Waals surface area contributed by atoms with E-state index >= 15 is 0 Å². The Hall–Kier alpha value is -4.61. The lowest BCUT2D eigenvalue weighted by atomic mass is 9.97. The number of nitrogens with one attached hydrogen (secondary N) is 2. The lowest BCUT2D eigenvalue weighted by Crippen LogP contribution is -2.46. The number of carboxylic acid groups (broad SMARTS) is 1. The van der Waals surface area contributed by atoms with Crippen LogP contribution in [0.25, 0.3) is 0 Å². The van der Waals surface area contributed by atoms with Crippen molar-refractivity contribution in [2.45, 2.75) is 43.2 Å². The molecule has 250 valence electrons. The first-order valence-corrected chi connectivity index (χ1v) is 16.5. The molecule has 1 unspecified atom stereocenters. The van der Waals surface area contributed by atoms with Crippen molar-refractivity contribution in [2.75, 3.05) is 54.5 Å². The van der Waals surface area contributed by atoms with E-state index in [2.05, 4.69) is 15.5 Å². The molecule has 1 atom stereocenters. The summed E-state index contributed by atoms with van der Waals surface area (Å²) in [4.78, 5) is 42.0. The zero-order valence-corrected chi connectivity index (χ0v) is 26.0. The molecule has 6 rings (SSSR count). The van der Waals surface area contributed by atoms with E-state index in [0.29, 0.717) is 68.0 Å². The van der Waals surface area contributed by atoms with Crippen LogP contribution in [0.15, 0.2) is 35.2 Å². The molecule has 0 spiro atoms. The van der Waals surface area contributed by atoms with Crippen LogP contribution < -0.4 is 20.9 Å². The summed E-state index contributed by atoms with van der Waals surface area (Å²) in [7, 11) is -4.32. The maximum atomic E-state index is 13.9. The molecule has 3 aromatic rings. The minimum atomic E-state index is -4.32. The summed E-state index contributed by atoms with van der Waals surface area (Å²) in [6, 6.07) is 4.15. The highest BCUT2D eigenvalue weighted by molar-refractivity contribution is 7.89. The smallest absolute Gasteiger partial charge is 0.326 e. The Morgan fingerprint density at radius 1 is 0.979 bits per heavy atom. The molecule has 3 aliphatic heterocycles. The number of nitrogens with zero attached hydrogens (tertiary/aromatic N) is 4. The highest BCUT2D eigenvalue weighted by atomic mass is 32.2. The van der Waals surface area contributed by atoms with Crippen molar-refractivity contribution >= 4 is 45.0 Å². The molecule has 0 bridgehead atoms. The van der Waals surface area contributed by atoms with Crippen LogP contribution in [-0.2, 0) is 32.5 Å². The predicted molar refractivity (Wildman–Crippen MR) is 165 cm³/mol. The lowest BCUT2D eigenvalue weighted by Gasteiger charge is -2.39. The largest absolute Gasteiger partial charge is 0.480 e. The fourth-order valence-corrected chi connectivity index (χ4v) is 7.76. The topological polar surface area (TPSA) is 191 Å². The number of ether oxygens (including phenoxy) is 1. The van der Waals surface area contributed by atoms with Crippen LogP contribution in [0.1, 0.15) is 51.2 Å². The molecule has 0 aliphatic carbocycles. The summed E-state index contributed by atoms with van der Waals surface area (Å²) < 4.78 is 60.8. The number of benzene rings is 2. The van der Waals surface area contributed by atoms with Gasteiger partial charge in [0.1, 0.15) is 17.7 Å². The van der Waals surface area contributed by atoms with Crippen LogP contribution in [-0.4, -0.2) is 91.2 Å². The van der Waals surface area contributed by atoms with Crippen molar-refractivity contribution in [1.82, 2.24) is 14.5 Å². The number of fused-ring (bicyclic) bond motifs is 1. The summed E-state index contributed by atoms with van der Waals surface area (Å²) in [6.45, 7) is 1.92. The number of aromatic nitrogens is 2. The monoisotopic (exact) mass is 673 g/mol. The maximum Gasteiger partial charge on any atom is 0.326 e. The van der Waals surface area contributed by atoms with Crippen LogP contribution in [0.5, 0.6) is 0 Å². The first kappa shape index (κ1) is 32.3. The third kappa shape index (κ3) is 6.37. The molecule has 2 fully saturated rings. The van der Waals surface area contributed by atoms with E-state index in [1.54, 1.807) is 4.90 Å². The lowest BCUT2D eigenvalue weighted by molar-refractivity contribution is -0.139. The summed E-state index contributed by atoms with van der Waals surface area (Å²) in [5.41, 5.74) is 7.44. The van der Waals surface area contributed by atoms with Gasteiger partial charge in [-0.3, -0.25) is 14.7 Å². The number of primary amides is 1. The predicted octanol–water partition coefficient (Wildman–Crippen LogP) is 2.07. The van der Waals surface area contributed by atoms with E-state index in [1.165, 1.54) is 12.1 Å². The number of anilines is 3. The normalized spacial score (nSPS) is 18.9. The fourth-order valence-electron chi connectivity index (χ4n) is 6.31. The second-order valence-electron chi connectivity index (χ2n) is 11.6. The molecular weight excluding hydrogens is 640 g/mol. The molecule has 47 heavy (non-hydrogen) atoms. The number of carboxylic acids is 1. The van der Waals surface area contributed by atoms with Gasteiger partial charge in [-0.15, -0.1) is 0 Å². The molecule has 2 aromatic carbocycles. The number of hydrogen-bond acceptors (Lipinski definition) is 9. The number of carbonyl (C=O) groups excluding carboxylic acids is 2. The molecule has 2 saturated heterocycles. The van der Waals surface area contributed by atoms with E-state index < -0.39 is 50.4 Å². The number of nitrogens with two attached hydrogens (primary N) is 1. The zero-order chi connectivity index (χ0) is 33.5. The molecule has 2 amide bonds. The highest BCUT2D eigenvalue weighted by Gasteiger charge is 2.35. The van der Waals surface area contributed by atoms with Crippen molar-refractivity contribution in [3.05, 3.63) is 64.4 Å². The van der Waals surface area contributed by atoms with E-state index in [9.17, 15) is 36.7 Å². The van der Waals surface area contributed by atoms with Crippen LogP contribution in [0.3, 0.4) is 0 Å². The zero-order valence-electron chi connectivity index (χ0n) is 25.2. The van der Waals surface area contributed by atoms with Crippen molar-refractivity contribution in [2.24, 2.45) is 5.73 Å². The Bertz CT molecular complexity index is 1830. The number of piperidine rings is 1. The second kappa shape index (κ2) is 12.9. The summed E-state index contributed by atoms with van der Waals surface area (Å²) >= 11 is 0. The average Bonchev–Trinajstić information content (AvgIpc) is 3.45. The van der Waals surface area contributed by atoms with Crippen LogP contribution in [0.2, 0.25) is 0 Å². The van der Waals surface area contributed by atoms with Gasteiger partial charge in [0.15, 0.2) is 5.82 Å². The SMILES string of the molecule is NC(=O)c1cc(N2CCOCC2)c(N2CCCCC2C(=O)O)cc1C(=O)Nc1n[nH]c2c1CN(S(=O)(=O)c1cc(F)cc(F)c1)CC2. The van der Waals surface area contributed by atoms with E-state index in [4.69, 9.17) is 10.5 Å². The number of halogens is 2. The van der Waals surface area contributed by atoms with Crippen molar-refractivity contribution < 1.29 is 41.4 Å². The molecule has 14 nitrogen and oxygen atoms in total. The summed E-state index contributed by atoms with van der Waals surface area (Å²) in [6.07, 6.45) is 2.02. The fraction of sp³-hybridized carbons (Fsp3) is 0.400. The minimum absolute atomic E-state index is 0.00839. The molecule has 3 aliphatic rings. The Morgan fingerprint density at radius 3 is 2.36 bits per heavy atom. The van der Waals surface area contributed by atoms with Crippen molar-refractivity contribution in [3.63, 3.8) is 0 Å². The number of carbonyl (C=O) groups is 3. The van der Waals surface area contributed by atoms with Gasteiger partial charge in [0.25, 0.3) is 5.91 Å². The van der Waals surface area contributed by atoms with Crippen LogP contribution in [0, 0.1) is 11.6 Å². The number of aliphatic carboxylic acids is 1. The van der Waals surface area contributed by atoms with Gasteiger partial charge in [0.05, 0.1) is 40.6 Å². The Kier molecular flexibility index (Phi) is 8.86. The van der Waals surface area contributed by atoms with Gasteiger partial charge >= 0.3 is 5.97 Å². The number of amides is 2. The van der Waals surface area contributed by atoms with Crippen molar-refractivity contribution in [3.8, 4) is 0 Å². The van der Waals surface area contributed by atoms with Crippen LogP contribution >= 0.6 is 0 Å². The molecule has 0 radical (unpaired) electrons. The number of H-pyrrole nitrogens is 1. The first-order chi connectivity index (χ1) is 22.4. The number of rotatable bonds is 8. The number of aromatic amines is 1. The first-order valence-electron chi connectivity index (χ1n) is 15.1. The van der Waals surface area contributed by atoms with Gasteiger partial charge in [-0.2, -0.15) is 9.40 Å². The minimum Gasteiger partial charge on any atom is -0.480 e. The maximum absolute atomic E-state index is 13.9. The Morgan fingerprint density at radius 2 is 1.68 bits per heavy atom. The molecule has 4 heterocycles. The Labute approximate surface area is 268 Å². The summed E-state index contributed by atoms with van der Waals surface area (Å²) in [5.74, 6) is -4.76. The van der Waals surface area contributed by atoms with E-state index in [1.807, 2.05) is 4.90 Å². The van der Waals surface area contributed by atoms with E-state index in [-0.39, 0.29) is 36.5 Å². The van der Waals surface area contributed by atoms with Gasteiger partial charge in [0, 0.05) is 56.5 Å². The second-order valence-corrected chi connectivity index (χ2v) is 13.5. The van der Waals surface area contributed by atoms with E-state index in [0.717, 1.165) is 29.3 Å². The average molecular weight is 674 g/mol. The van der Waals surface area contributed by atoms with Gasteiger partial charge < -0.3 is 30.7 Å². The van der Waals surface area contributed by atoms with Crippen LogP contribution in [0.4, 0.5) is 26.0 Å². The third-order valence-electron chi connectivity index (χ3n) is 8.68. The highest BCUT2D eigenvalue weighted by Crippen LogP contribution is 2.38. The quantitative estimate of drug-likeness (QED) is 0.275. The van der Waals surface area contributed by atoms with Gasteiger partial charge in [-0.25, -0.2) is 22.0 Å². The number of sulfonamides is 1. The molecule has 5 N–H and O–H groups in total. The number of morpholine rings is 1. The molecular formula is C30H33F2N7O7S. The number of hydrogen-bond donors (Lipinski definition) is 4. The molecule has 0 saturated carbocycles. The Balaban J connectivity index is 1.35. The van der Waals surface area contributed by atoms with Gasteiger partial charge in [-0.1, -0.05) is 0 Å². The standard InChI is InChI=1S/C30H33F2N7O7S/c31-17-11-18(32)13-19(12-17)47(44,45)38-6-4-23-22(16-38)28(36-35-23)34-29(41)21-15-26(39-5-2-1-3-24(39)30(42)43)25(14-20(21)27(33)40)37-7-9-46-10-8-37/h11-15,24H,1-10,16H2,(H2,33,40)(H,42,43)(H2,34,35,36,41). The van der Waals surface area contributed by atoms with Gasteiger partial charge in [0.2, 0.25) is 15.9 Å². The summed E-state index contributed by atoms with van der Waals surface area (Å²) in [5, 5.41) is 19.6. The van der Waals surface area contributed by atoms with Crippen molar-refractivity contribution in [1.29, 1.82) is 0 Å². The molecule has 1 aromatic heterocycles. The van der Waals surface area contributed by atoms with Gasteiger partial charge in [-0.05, 0) is 43.5 Å². The third-order valence-corrected chi connectivity index (χ3v) is 10.5. The molecule has 17 heteroatoms.